The zero-order valence-electron chi connectivity index (χ0n) is 16.8. The molecule has 0 N–H and O–H groups in total. The van der Waals surface area contributed by atoms with E-state index < -0.39 is 0 Å². The number of hydrogen-bond donors (Lipinski definition) is 0. The molecule has 0 aliphatic carbocycles. The Balaban J connectivity index is 3.32. The van der Waals surface area contributed by atoms with Crippen LogP contribution in [0.25, 0.3) is 0 Å². The molecule has 0 rings (SSSR count). The lowest BCUT2D eigenvalue weighted by Gasteiger charge is -2.10. The number of ether oxygens (including phenoxy) is 2. The van der Waals surface area contributed by atoms with Gasteiger partial charge in [0.05, 0.1) is 13.2 Å². The molecule has 0 saturated carbocycles. The van der Waals surface area contributed by atoms with Crippen LogP contribution in [0.4, 0.5) is 0 Å². The maximum atomic E-state index is 11.5. The predicted molar refractivity (Wildman–Crippen MR) is 102 cm³/mol. The number of hydrogen-bond acceptors (Lipinski definition) is 4. The van der Waals surface area contributed by atoms with E-state index in [4.69, 9.17) is 9.47 Å². The molecule has 0 aliphatic rings. The van der Waals surface area contributed by atoms with E-state index in [9.17, 15) is 9.59 Å². The average Bonchev–Trinajstić information content (AvgIpc) is 2.61. The van der Waals surface area contributed by atoms with Gasteiger partial charge in [-0.2, -0.15) is 0 Å². The number of esters is 2. The Kier molecular flexibility index (Phi) is 17.0. The van der Waals surface area contributed by atoms with Gasteiger partial charge in [-0.1, -0.05) is 65.7 Å². The Hall–Kier alpha value is -1.06. The van der Waals surface area contributed by atoms with Crippen LogP contribution < -0.4 is 0 Å². The number of carbonyl (C=O) groups excluding carboxylic acids is 2. The van der Waals surface area contributed by atoms with Gasteiger partial charge in [0.15, 0.2) is 0 Å². The first-order chi connectivity index (χ1) is 12.1. The van der Waals surface area contributed by atoms with Crippen LogP contribution in [0.3, 0.4) is 0 Å². The van der Waals surface area contributed by atoms with Crippen LogP contribution in [0.5, 0.6) is 0 Å². The van der Waals surface area contributed by atoms with Gasteiger partial charge >= 0.3 is 11.9 Å². The molecule has 148 valence electrons. The topological polar surface area (TPSA) is 52.6 Å². The van der Waals surface area contributed by atoms with E-state index in [0.29, 0.717) is 32.0 Å². The molecule has 0 saturated heterocycles. The van der Waals surface area contributed by atoms with Gasteiger partial charge in [0.1, 0.15) is 0 Å². The van der Waals surface area contributed by atoms with E-state index in [-0.39, 0.29) is 11.9 Å². The van der Waals surface area contributed by atoms with E-state index in [1.807, 2.05) is 13.8 Å². The summed E-state index contributed by atoms with van der Waals surface area (Å²) in [6.45, 7) is 7.35. The van der Waals surface area contributed by atoms with E-state index in [0.717, 1.165) is 32.1 Å². The van der Waals surface area contributed by atoms with Crippen LogP contribution in [-0.4, -0.2) is 25.2 Å². The Morgan fingerprint density at radius 1 is 0.680 bits per heavy atom. The van der Waals surface area contributed by atoms with E-state index in [1.165, 1.54) is 38.5 Å². The Morgan fingerprint density at radius 3 is 1.72 bits per heavy atom. The van der Waals surface area contributed by atoms with Gasteiger partial charge in [0.25, 0.3) is 0 Å². The van der Waals surface area contributed by atoms with Crippen molar-refractivity contribution in [1.82, 2.24) is 0 Å². The van der Waals surface area contributed by atoms with Crippen molar-refractivity contribution in [2.45, 2.75) is 104 Å². The highest BCUT2D eigenvalue weighted by Gasteiger charge is 2.07. The molecular formula is C21H40O4. The summed E-state index contributed by atoms with van der Waals surface area (Å²) in [6.07, 6.45) is 13.4. The lowest BCUT2D eigenvalue weighted by molar-refractivity contribution is -0.144. The van der Waals surface area contributed by atoms with Crippen molar-refractivity contribution in [2.24, 2.45) is 5.92 Å². The molecule has 0 spiro atoms. The van der Waals surface area contributed by atoms with Gasteiger partial charge in [0, 0.05) is 12.8 Å². The van der Waals surface area contributed by atoms with Gasteiger partial charge < -0.3 is 9.47 Å². The van der Waals surface area contributed by atoms with Crippen molar-refractivity contribution >= 4 is 11.9 Å². The maximum Gasteiger partial charge on any atom is 0.305 e. The van der Waals surface area contributed by atoms with Crippen molar-refractivity contribution in [2.75, 3.05) is 13.2 Å². The first-order valence-electron chi connectivity index (χ1n) is 10.4. The van der Waals surface area contributed by atoms with E-state index >= 15 is 0 Å². The molecule has 0 aliphatic heterocycles. The average molecular weight is 357 g/mol. The second kappa shape index (κ2) is 17.8. The molecule has 0 aromatic rings. The van der Waals surface area contributed by atoms with Gasteiger partial charge in [-0.3, -0.25) is 9.59 Å². The smallest absolute Gasteiger partial charge is 0.305 e. The number of carbonyl (C=O) groups is 2. The standard InChI is InChI=1S/C21H40O4/c1-4-17-24-20(22)14-12-10-8-6-7-9-11-13-19(3)15-16-21(23)25-18-5-2/h19H,4-18H2,1-3H3. The summed E-state index contributed by atoms with van der Waals surface area (Å²) in [4.78, 5) is 22.8. The molecule has 0 amide bonds. The van der Waals surface area contributed by atoms with Gasteiger partial charge in [0.2, 0.25) is 0 Å². The Bertz CT molecular complexity index is 328. The van der Waals surface area contributed by atoms with Crippen LogP contribution in [0.1, 0.15) is 104 Å². The predicted octanol–water partition coefficient (Wildman–Crippen LogP) is 5.82. The minimum Gasteiger partial charge on any atom is -0.466 e. The summed E-state index contributed by atoms with van der Waals surface area (Å²) in [5, 5.41) is 0. The van der Waals surface area contributed by atoms with Crippen molar-refractivity contribution in [3.8, 4) is 0 Å². The molecule has 0 bridgehead atoms. The zero-order valence-corrected chi connectivity index (χ0v) is 16.8. The number of rotatable bonds is 17. The van der Waals surface area contributed by atoms with Crippen LogP contribution in [0.15, 0.2) is 0 Å². The first kappa shape index (κ1) is 23.9. The molecule has 0 fully saturated rings. The molecule has 1 atom stereocenters. The van der Waals surface area contributed by atoms with Gasteiger partial charge in [-0.15, -0.1) is 0 Å². The molecule has 25 heavy (non-hydrogen) atoms. The highest BCUT2D eigenvalue weighted by molar-refractivity contribution is 5.69. The fraction of sp³-hybridized carbons (Fsp3) is 0.905. The van der Waals surface area contributed by atoms with Gasteiger partial charge in [-0.25, -0.2) is 0 Å². The van der Waals surface area contributed by atoms with Crippen LogP contribution >= 0.6 is 0 Å². The third-order valence-corrected chi connectivity index (χ3v) is 4.35. The van der Waals surface area contributed by atoms with Crippen LogP contribution in [0, 0.1) is 5.92 Å². The maximum absolute atomic E-state index is 11.5. The highest BCUT2D eigenvalue weighted by Crippen LogP contribution is 2.17. The Morgan fingerprint density at radius 2 is 1.16 bits per heavy atom. The normalized spacial score (nSPS) is 12.0. The minimum atomic E-state index is -0.0488. The first-order valence-corrected chi connectivity index (χ1v) is 10.4. The van der Waals surface area contributed by atoms with Crippen molar-refractivity contribution < 1.29 is 19.1 Å². The summed E-state index contributed by atoms with van der Waals surface area (Å²) in [5.74, 6) is 0.505. The van der Waals surface area contributed by atoms with E-state index in [1.54, 1.807) is 0 Å². The van der Waals surface area contributed by atoms with Crippen molar-refractivity contribution in [3.63, 3.8) is 0 Å². The molecule has 0 radical (unpaired) electrons. The molecule has 4 nitrogen and oxygen atoms in total. The Labute approximate surface area is 155 Å². The molecular weight excluding hydrogens is 316 g/mol. The van der Waals surface area contributed by atoms with Gasteiger partial charge in [-0.05, 0) is 31.6 Å². The summed E-state index contributed by atoms with van der Waals surface area (Å²) >= 11 is 0. The SMILES string of the molecule is CCCOC(=O)CCCCCCCCCC(C)CCC(=O)OCCC. The lowest BCUT2D eigenvalue weighted by atomic mass is 9.97. The fourth-order valence-corrected chi connectivity index (χ4v) is 2.73. The lowest BCUT2D eigenvalue weighted by Crippen LogP contribution is -2.07. The van der Waals surface area contributed by atoms with Crippen molar-refractivity contribution in [3.05, 3.63) is 0 Å². The molecule has 0 heterocycles. The molecule has 4 heteroatoms. The third-order valence-electron chi connectivity index (χ3n) is 4.35. The second-order valence-corrected chi connectivity index (χ2v) is 7.10. The monoisotopic (exact) mass is 356 g/mol. The summed E-state index contributed by atoms with van der Waals surface area (Å²) in [6, 6.07) is 0. The van der Waals surface area contributed by atoms with Crippen molar-refractivity contribution in [1.29, 1.82) is 0 Å². The summed E-state index contributed by atoms with van der Waals surface area (Å²) < 4.78 is 10.2. The summed E-state index contributed by atoms with van der Waals surface area (Å²) in [5.41, 5.74) is 0. The quantitative estimate of drug-likeness (QED) is 0.243. The molecule has 1 unspecified atom stereocenters. The second-order valence-electron chi connectivity index (χ2n) is 7.10. The van der Waals surface area contributed by atoms with Crippen LogP contribution in [-0.2, 0) is 19.1 Å². The van der Waals surface area contributed by atoms with E-state index in [2.05, 4.69) is 6.92 Å². The number of unbranched alkanes of at least 4 members (excludes halogenated alkanes) is 6. The fourth-order valence-electron chi connectivity index (χ4n) is 2.73. The highest BCUT2D eigenvalue weighted by atomic mass is 16.5. The summed E-state index contributed by atoms with van der Waals surface area (Å²) in [7, 11) is 0. The molecule has 0 aromatic heterocycles. The van der Waals surface area contributed by atoms with Crippen LogP contribution in [0.2, 0.25) is 0 Å². The third kappa shape index (κ3) is 17.6. The largest absolute Gasteiger partial charge is 0.466 e. The molecule has 0 aromatic carbocycles. The minimum absolute atomic E-state index is 0.0468. The zero-order chi connectivity index (χ0) is 18.8.